The molecular formula is C16H31N3O2. The second-order valence-corrected chi connectivity index (χ2v) is 6.59. The van der Waals surface area contributed by atoms with E-state index in [0.717, 1.165) is 18.9 Å². The van der Waals surface area contributed by atoms with Crippen LogP contribution in [-0.4, -0.2) is 48.9 Å². The average molecular weight is 297 g/mol. The zero-order valence-electron chi connectivity index (χ0n) is 13.9. The number of carbonyl (C=O) groups excluding carboxylic acids is 2. The monoisotopic (exact) mass is 297 g/mol. The Bertz CT molecular complexity index is 336. The van der Waals surface area contributed by atoms with Crippen LogP contribution < -0.4 is 10.6 Å². The highest BCUT2D eigenvalue weighted by atomic mass is 16.2. The normalized spacial score (nSPS) is 18.5. The predicted octanol–water partition coefficient (Wildman–Crippen LogP) is 1.39. The second kappa shape index (κ2) is 9.03. The van der Waals surface area contributed by atoms with Crippen molar-refractivity contribution in [2.75, 3.05) is 26.2 Å². The molecule has 1 heterocycles. The minimum absolute atomic E-state index is 0.0764. The van der Waals surface area contributed by atoms with Gasteiger partial charge in [-0.25, -0.2) is 0 Å². The summed E-state index contributed by atoms with van der Waals surface area (Å²) in [5.41, 5.74) is 0. The molecule has 1 rings (SSSR count). The van der Waals surface area contributed by atoms with Gasteiger partial charge in [0.15, 0.2) is 0 Å². The molecule has 2 N–H and O–H groups in total. The maximum atomic E-state index is 12.1. The zero-order valence-corrected chi connectivity index (χ0v) is 13.9. The summed E-state index contributed by atoms with van der Waals surface area (Å²) in [7, 11) is 0. The molecule has 1 fully saturated rings. The Hall–Kier alpha value is -1.10. The van der Waals surface area contributed by atoms with E-state index in [9.17, 15) is 9.59 Å². The summed E-state index contributed by atoms with van der Waals surface area (Å²) >= 11 is 0. The molecule has 21 heavy (non-hydrogen) atoms. The molecule has 0 bridgehead atoms. The van der Waals surface area contributed by atoms with Gasteiger partial charge in [0.2, 0.25) is 11.8 Å². The Labute approximate surface area is 128 Å². The molecule has 5 nitrogen and oxygen atoms in total. The standard InChI is InChI=1S/C16H31N3O2/c1-12(2)15(18-14(4)20)16(21)17-8-5-9-19-10-6-13(3)7-11-19/h12-13,15H,5-11H2,1-4H3,(H,17,21)(H,18,20)/t15-/m1/s1. The number of likely N-dealkylation sites (tertiary alicyclic amines) is 1. The van der Waals surface area contributed by atoms with E-state index in [1.54, 1.807) is 0 Å². The van der Waals surface area contributed by atoms with Crippen molar-refractivity contribution >= 4 is 11.8 Å². The fourth-order valence-corrected chi connectivity index (χ4v) is 2.66. The molecule has 0 aromatic heterocycles. The Balaban J connectivity index is 2.21. The molecule has 1 saturated heterocycles. The first-order valence-corrected chi connectivity index (χ1v) is 8.17. The van der Waals surface area contributed by atoms with Crippen molar-refractivity contribution in [1.82, 2.24) is 15.5 Å². The summed E-state index contributed by atoms with van der Waals surface area (Å²) in [6.07, 6.45) is 3.53. The lowest BCUT2D eigenvalue weighted by atomic mass is 9.99. The third-order valence-electron chi connectivity index (χ3n) is 4.13. The van der Waals surface area contributed by atoms with Gasteiger partial charge in [-0.2, -0.15) is 0 Å². The lowest BCUT2D eigenvalue weighted by molar-refractivity contribution is -0.129. The first-order chi connectivity index (χ1) is 9.90. The molecular weight excluding hydrogens is 266 g/mol. The van der Waals surface area contributed by atoms with Crippen LogP contribution in [0.25, 0.3) is 0 Å². The maximum Gasteiger partial charge on any atom is 0.242 e. The van der Waals surface area contributed by atoms with Crippen LogP contribution in [0, 0.1) is 11.8 Å². The van der Waals surface area contributed by atoms with Gasteiger partial charge in [-0.1, -0.05) is 20.8 Å². The molecule has 0 aromatic rings. The summed E-state index contributed by atoms with van der Waals surface area (Å²) in [5.74, 6) is 0.710. The quantitative estimate of drug-likeness (QED) is 0.698. The number of nitrogens with zero attached hydrogens (tertiary/aromatic N) is 1. The number of hydrogen-bond acceptors (Lipinski definition) is 3. The van der Waals surface area contributed by atoms with Crippen LogP contribution in [0.3, 0.4) is 0 Å². The van der Waals surface area contributed by atoms with E-state index in [4.69, 9.17) is 0 Å². The molecule has 0 saturated carbocycles. The summed E-state index contributed by atoms with van der Waals surface area (Å²) in [5, 5.41) is 5.65. The topological polar surface area (TPSA) is 61.4 Å². The van der Waals surface area contributed by atoms with Crippen molar-refractivity contribution in [3.63, 3.8) is 0 Å². The molecule has 122 valence electrons. The van der Waals surface area contributed by atoms with Crippen LogP contribution in [0.15, 0.2) is 0 Å². The molecule has 1 aliphatic rings. The summed E-state index contributed by atoms with van der Waals surface area (Å²) < 4.78 is 0. The van der Waals surface area contributed by atoms with Gasteiger partial charge in [-0.3, -0.25) is 9.59 Å². The van der Waals surface area contributed by atoms with Gasteiger partial charge >= 0.3 is 0 Å². The first kappa shape index (κ1) is 18.0. The Morgan fingerprint density at radius 2 is 1.86 bits per heavy atom. The van der Waals surface area contributed by atoms with E-state index in [-0.39, 0.29) is 17.7 Å². The first-order valence-electron chi connectivity index (χ1n) is 8.17. The summed E-state index contributed by atoms with van der Waals surface area (Å²) in [4.78, 5) is 25.7. The zero-order chi connectivity index (χ0) is 15.8. The van der Waals surface area contributed by atoms with Crippen molar-refractivity contribution in [3.8, 4) is 0 Å². The average Bonchev–Trinajstić information content (AvgIpc) is 2.42. The lowest BCUT2D eigenvalue weighted by Gasteiger charge is -2.30. The summed E-state index contributed by atoms with van der Waals surface area (Å²) in [6, 6.07) is -0.432. The van der Waals surface area contributed by atoms with Crippen molar-refractivity contribution in [2.45, 2.75) is 53.0 Å². The van der Waals surface area contributed by atoms with Gasteiger partial charge in [-0.15, -0.1) is 0 Å². The van der Waals surface area contributed by atoms with Gasteiger partial charge in [0.1, 0.15) is 6.04 Å². The van der Waals surface area contributed by atoms with Gasteiger partial charge in [0.05, 0.1) is 0 Å². The number of carbonyl (C=O) groups is 2. The fourth-order valence-electron chi connectivity index (χ4n) is 2.66. The number of nitrogens with one attached hydrogen (secondary N) is 2. The van der Waals surface area contributed by atoms with Crippen LogP contribution in [0.1, 0.15) is 47.0 Å². The van der Waals surface area contributed by atoms with E-state index in [1.807, 2.05) is 13.8 Å². The number of piperidine rings is 1. The Kier molecular flexibility index (Phi) is 7.72. The van der Waals surface area contributed by atoms with Crippen LogP contribution >= 0.6 is 0 Å². The molecule has 2 amide bonds. The maximum absolute atomic E-state index is 12.1. The van der Waals surface area contributed by atoms with Crippen molar-refractivity contribution in [1.29, 1.82) is 0 Å². The third-order valence-corrected chi connectivity index (χ3v) is 4.13. The largest absolute Gasteiger partial charge is 0.354 e. The smallest absolute Gasteiger partial charge is 0.242 e. The number of hydrogen-bond donors (Lipinski definition) is 2. The van der Waals surface area contributed by atoms with Crippen molar-refractivity contribution in [2.24, 2.45) is 11.8 Å². The predicted molar refractivity (Wildman–Crippen MR) is 84.9 cm³/mol. The van der Waals surface area contributed by atoms with Crippen LogP contribution in [0.5, 0.6) is 0 Å². The number of rotatable bonds is 7. The molecule has 0 aliphatic carbocycles. The highest BCUT2D eigenvalue weighted by molar-refractivity contribution is 5.86. The van der Waals surface area contributed by atoms with Crippen LogP contribution in [-0.2, 0) is 9.59 Å². The van der Waals surface area contributed by atoms with Gasteiger partial charge in [0, 0.05) is 13.5 Å². The molecule has 1 aliphatic heterocycles. The minimum Gasteiger partial charge on any atom is -0.354 e. The van der Waals surface area contributed by atoms with Crippen molar-refractivity contribution < 1.29 is 9.59 Å². The van der Waals surface area contributed by atoms with Gasteiger partial charge in [-0.05, 0) is 50.7 Å². The number of amides is 2. The van der Waals surface area contributed by atoms with Crippen LogP contribution in [0.2, 0.25) is 0 Å². The van der Waals surface area contributed by atoms with Crippen LogP contribution in [0.4, 0.5) is 0 Å². The second-order valence-electron chi connectivity index (χ2n) is 6.59. The van der Waals surface area contributed by atoms with Gasteiger partial charge in [0.25, 0.3) is 0 Å². The molecule has 5 heteroatoms. The Morgan fingerprint density at radius 3 is 2.38 bits per heavy atom. The highest BCUT2D eigenvalue weighted by Gasteiger charge is 2.22. The fraction of sp³-hybridized carbons (Fsp3) is 0.875. The lowest BCUT2D eigenvalue weighted by Crippen LogP contribution is -2.49. The molecule has 0 aromatic carbocycles. The van der Waals surface area contributed by atoms with E-state index in [2.05, 4.69) is 22.5 Å². The summed E-state index contributed by atoms with van der Waals surface area (Å²) in [6.45, 7) is 11.7. The molecule has 0 unspecified atom stereocenters. The third kappa shape index (κ3) is 6.93. The van der Waals surface area contributed by atoms with Crippen molar-refractivity contribution in [3.05, 3.63) is 0 Å². The van der Waals surface area contributed by atoms with E-state index in [0.29, 0.717) is 6.54 Å². The van der Waals surface area contributed by atoms with E-state index < -0.39 is 6.04 Å². The SMILES string of the molecule is CC(=O)N[C@@H](C(=O)NCCCN1CCC(C)CC1)C(C)C. The highest BCUT2D eigenvalue weighted by Crippen LogP contribution is 2.15. The Morgan fingerprint density at radius 1 is 1.24 bits per heavy atom. The molecule has 1 atom stereocenters. The van der Waals surface area contributed by atoms with Gasteiger partial charge < -0.3 is 15.5 Å². The molecule has 0 spiro atoms. The van der Waals surface area contributed by atoms with E-state index >= 15 is 0 Å². The minimum atomic E-state index is -0.432. The molecule has 0 radical (unpaired) electrons. The van der Waals surface area contributed by atoms with E-state index in [1.165, 1.54) is 32.9 Å².